The standard InChI is InChI=1S/C9H14O3/c1-12-9(11)6-7-2-4-8(10)5-3-7/h7H,2-6H2,1H3. The fourth-order valence-electron chi connectivity index (χ4n) is 1.52. The van der Waals surface area contributed by atoms with E-state index >= 15 is 0 Å². The minimum atomic E-state index is -0.158. The lowest BCUT2D eigenvalue weighted by Crippen LogP contribution is -2.17. The Labute approximate surface area is 72.1 Å². The second kappa shape index (κ2) is 4.24. The third-order valence-electron chi connectivity index (χ3n) is 2.35. The van der Waals surface area contributed by atoms with E-state index in [4.69, 9.17) is 0 Å². The summed E-state index contributed by atoms with van der Waals surface area (Å²) in [6.07, 6.45) is 3.47. The van der Waals surface area contributed by atoms with E-state index in [1.807, 2.05) is 0 Å². The molecule has 1 fully saturated rings. The fraction of sp³-hybridized carbons (Fsp3) is 0.778. The minimum Gasteiger partial charge on any atom is -0.469 e. The second-order valence-electron chi connectivity index (χ2n) is 3.26. The second-order valence-corrected chi connectivity index (χ2v) is 3.26. The Morgan fingerprint density at radius 3 is 2.58 bits per heavy atom. The number of esters is 1. The molecule has 1 aliphatic rings. The van der Waals surface area contributed by atoms with Gasteiger partial charge < -0.3 is 4.74 Å². The van der Waals surface area contributed by atoms with E-state index < -0.39 is 0 Å². The normalized spacial score (nSPS) is 19.2. The summed E-state index contributed by atoms with van der Waals surface area (Å²) in [6, 6.07) is 0. The molecule has 0 spiro atoms. The maximum Gasteiger partial charge on any atom is 0.305 e. The molecule has 0 aromatic rings. The molecule has 0 aromatic heterocycles. The first-order chi connectivity index (χ1) is 5.72. The van der Waals surface area contributed by atoms with Crippen molar-refractivity contribution in [2.24, 2.45) is 5.92 Å². The van der Waals surface area contributed by atoms with E-state index in [-0.39, 0.29) is 5.97 Å². The van der Waals surface area contributed by atoms with Gasteiger partial charge in [-0.15, -0.1) is 0 Å². The van der Waals surface area contributed by atoms with E-state index in [1.165, 1.54) is 7.11 Å². The van der Waals surface area contributed by atoms with Gasteiger partial charge in [0.15, 0.2) is 0 Å². The van der Waals surface area contributed by atoms with Crippen LogP contribution in [0.25, 0.3) is 0 Å². The van der Waals surface area contributed by atoms with Crippen molar-refractivity contribution in [3.8, 4) is 0 Å². The zero-order valence-electron chi connectivity index (χ0n) is 7.34. The summed E-state index contributed by atoms with van der Waals surface area (Å²) in [5.41, 5.74) is 0. The number of hydrogen-bond donors (Lipinski definition) is 0. The first-order valence-corrected chi connectivity index (χ1v) is 4.31. The molecule has 1 saturated carbocycles. The van der Waals surface area contributed by atoms with Crippen LogP contribution in [-0.2, 0) is 14.3 Å². The molecular formula is C9H14O3. The Morgan fingerprint density at radius 2 is 2.08 bits per heavy atom. The zero-order chi connectivity index (χ0) is 8.97. The fourth-order valence-corrected chi connectivity index (χ4v) is 1.52. The van der Waals surface area contributed by atoms with Crippen LogP contribution in [-0.4, -0.2) is 18.9 Å². The molecule has 0 aromatic carbocycles. The molecule has 3 heteroatoms. The number of ether oxygens (including phenoxy) is 1. The Balaban J connectivity index is 2.26. The number of rotatable bonds is 2. The van der Waals surface area contributed by atoms with Crippen molar-refractivity contribution in [2.75, 3.05) is 7.11 Å². The van der Waals surface area contributed by atoms with E-state index in [0.717, 1.165) is 12.8 Å². The maximum absolute atomic E-state index is 10.9. The van der Waals surface area contributed by atoms with Crippen LogP contribution >= 0.6 is 0 Å². The van der Waals surface area contributed by atoms with Crippen molar-refractivity contribution in [2.45, 2.75) is 32.1 Å². The largest absolute Gasteiger partial charge is 0.469 e. The van der Waals surface area contributed by atoms with Crippen LogP contribution in [0.2, 0.25) is 0 Å². The van der Waals surface area contributed by atoms with E-state index in [2.05, 4.69) is 4.74 Å². The van der Waals surface area contributed by atoms with Gasteiger partial charge in [-0.25, -0.2) is 0 Å². The molecule has 68 valence electrons. The molecule has 1 rings (SSSR count). The monoisotopic (exact) mass is 170 g/mol. The first kappa shape index (κ1) is 9.23. The third-order valence-corrected chi connectivity index (χ3v) is 2.35. The molecule has 3 nitrogen and oxygen atoms in total. The summed E-state index contributed by atoms with van der Waals surface area (Å²) in [5.74, 6) is 0.542. The molecule has 1 aliphatic carbocycles. The SMILES string of the molecule is COC(=O)CC1CCC(=O)CC1. The first-order valence-electron chi connectivity index (χ1n) is 4.31. The Morgan fingerprint density at radius 1 is 1.50 bits per heavy atom. The Hall–Kier alpha value is -0.860. The molecule has 0 atom stereocenters. The van der Waals surface area contributed by atoms with Gasteiger partial charge in [-0.1, -0.05) is 0 Å². The molecular weight excluding hydrogens is 156 g/mol. The van der Waals surface area contributed by atoms with Crippen LogP contribution in [0.4, 0.5) is 0 Å². The van der Waals surface area contributed by atoms with Crippen LogP contribution in [0, 0.1) is 5.92 Å². The molecule has 0 saturated heterocycles. The average molecular weight is 170 g/mol. The lowest BCUT2D eigenvalue weighted by Gasteiger charge is -2.19. The number of carbonyl (C=O) groups excluding carboxylic acids is 2. The van der Waals surface area contributed by atoms with Crippen molar-refractivity contribution >= 4 is 11.8 Å². The van der Waals surface area contributed by atoms with Gasteiger partial charge in [0.2, 0.25) is 0 Å². The zero-order valence-corrected chi connectivity index (χ0v) is 7.34. The van der Waals surface area contributed by atoms with E-state index in [0.29, 0.717) is 31.0 Å². The molecule has 12 heavy (non-hydrogen) atoms. The molecule has 0 aliphatic heterocycles. The van der Waals surface area contributed by atoms with Gasteiger partial charge >= 0.3 is 5.97 Å². The van der Waals surface area contributed by atoms with Crippen molar-refractivity contribution < 1.29 is 14.3 Å². The van der Waals surface area contributed by atoms with Gasteiger partial charge in [-0.05, 0) is 18.8 Å². The smallest absolute Gasteiger partial charge is 0.305 e. The van der Waals surface area contributed by atoms with Gasteiger partial charge in [-0.2, -0.15) is 0 Å². The molecule has 0 radical (unpaired) electrons. The molecule has 0 bridgehead atoms. The van der Waals surface area contributed by atoms with Crippen molar-refractivity contribution in [1.82, 2.24) is 0 Å². The summed E-state index contributed by atoms with van der Waals surface area (Å²) in [7, 11) is 1.40. The van der Waals surface area contributed by atoms with Gasteiger partial charge in [0, 0.05) is 19.3 Å². The summed E-state index contributed by atoms with van der Waals surface area (Å²) in [4.78, 5) is 21.7. The van der Waals surface area contributed by atoms with E-state index in [1.54, 1.807) is 0 Å². The van der Waals surface area contributed by atoms with Gasteiger partial charge in [-0.3, -0.25) is 9.59 Å². The van der Waals surface area contributed by atoms with Gasteiger partial charge in [0.25, 0.3) is 0 Å². The number of hydrogen-bond acceptors (Lipinski definition) is 3. The highest BCUT2D eigenvalue weighted by atomic mass is 16.5. The van der Waals surface area contributed by atoms with Crippen LogP contribution in [0.1, 0.15) is 32.1 Å². The van der Waals surface area contributed by atoms with Crippen LogP contribution in [0.5, 0.6) is 0 Å². The van der Waals surface area contributed by atoms with Crippen molar-refractivity contribution in [1.29, 1.82) is 0 Å². The van der Waals surface area contributed by atoms with Crippen LogP contribution < -0.4 is 0 Å². The van der Waals surface area contributed by atoms with Crippen molar-refractivity contribution in [3.05, 3.63) is 0 Å². The predicted octanol–water partition coefficient (Wildman–Crippen LogP) is 1.31. The number of ketones is 1. The Kier molecular flexibility index (Phi) is 3.26. The quantitative estimate of drug-likeness (QED) is 0.587. The number of Topliss-reactive ketones (excluding diaryl/α,β-unsaturated/α-hetero) is 1. The van der Waals surface area contributed by atoms with Gasteiger partial charge in [0.05, 0.1) is 7.11 Å². The number of methoxy groups -OCH3 is 1. The summed E-state index contributed by atoms with van der Waals surface area (Å²) < 4.78 is 4.56. The maximum atomic E-state index is 10.9. The topological polar surface area (TPSA) is 43.4 Å². The molecule has 0 amide bonds. The average Bonchev–Trinajstić information content (AvgIpc) is 2.09. The lowest BCUT2D eigenvalue weighted by atomic mass is 9.86. The summed E-state index contributed by atoms with van der Waals surface area (Å²) in [5, 5.41) is 0. The van der Waals surface area contributed by atoms with Crippen LogP contribution in [0.15, 0.2) is 0 Å². The molecule has 0 heterocycles. The highest BCUT2D eigenvalue weighted by Crippen LogP contribution is 2.24. The van der Waals surface area contributed by atoms with Crippen molar-refractivity contribution in [3.63, 3.8) is 0 Å². The highest BCUT2D eigenvalue weighted by Gasteiger charge is 2.21. The predicted molar refractivity (Wildman–Crippen MR) is 43.6 cm³/mol. The molecule has 0 N–H and O–H groups in total. The van der Waals surface area contributed by atoms with E-state index in [9.17, 15) is 9.59 Å². The minimum absolute atomic E-state index is 0.158. The van der Waals surface area contributed by atoms with Crippen LogP contribution in [0.3, 0.4) is 0 Å². The third kappa shape index (κ3) is 2.64. The summed E-state index contributed by atoms with van der Waals surface area (Å²) in [6.45, 7) is 0. The highest BCUT2D eigenvalue weighted by molar-refractivity contribution is 5.79. The summed E-state index contributed by atoms with van der Waals surface area (Å²) >= 11 is 0. The number of carbonyl (C=O) groups is 2. The van der Waals surface area contributed by atoms with Gasteiger partial charge in [0.1, 0.15) is 5.78 Å². The molecule has 0 unspecified atom stereocenters. The Bertz CT molecular complexity index is 176. The lowest BCUT2D eigenvalue weighted by molar-refractivity contribution is -0.142.